The largest absolute Gasteiger partial charge is 0.483 e. The highest BCUT2D eigenvalue weighted by Gasteiger charge is 2.20. The van der Waals surface area contributed by atoms with Gasteiger partial charge in [-0.15, -0.1) is 0 Å². The molecule has 0 amide bonds. The Morgan fingerprint density at radius 2 is 1.86 bits per heavy atom. The van der Waals surface area contributed by atoms with Crippen molar-refractivity contribution in [2.45, 2.75) is 13.0 Å². The molecule has 22 heavy (non-hydrogen) atoms. The van der Waals surface area contributed by atoms with Crippen LogP contribution in [-0.2, 0) is 0 Å². The van der Waals surface area contributed by atoms with E-state index in [4.69, 9.17) is 27.9 Å². The molecule has 0 aromatic heterocycles. The van der Waals surface area contributed by atoms with Crippen molar-refractivity contribution in [3.05, 3.63) is 67.7 Å². The number of ether oxygens (including phenoxy) is 1. The van der Waals surface area contributed by atoms with Gasteiger partial charge in [0.05, 0.1) is 16.0 Å². The van der Waals surface area contributed by atoms with E-state index < -0.39 is 28.3 Å². The van der Waals surface area contributed by atoms with Gasteiger partial charge < -0.3 is 4.74 Å². The third-order valence-corrected chi connectivity index (χ3v) is 3.63. The molecule has 0 aliphatic carbocycles. The van der Waals surface area contributed by atoms with E-state index in [0.29, 0.717) is 0 Å². The maximum atomic E-state index is 13.8. The second-order valence-electron chi connectivity index (χ2n) is 4.39. The standard InChI is InChI=1S/C14H9Cl2F2NO3/c1-7(13-9(15)3-4-10(17)14(13)16)22-12-5-2-8(19(20)21)6-11(12)18/h2-7H,1H3. The number of nitrogens with zero attached hydrogens (tertiary/aromatic N) is 1. The Balaban J connectivity index is 2.32. The Hall–Kier alpha value is -1.92. The van der Waals surface area contributed by atoms with Crippen LogP contribution in [0.2, 0.25) is 10.0 Å². The summed E-state index contributed by atoms with van der Waals surface area (Å²) in [5, 5.41) is 10.5. The number of hydrogen-bond donors (Lipinski definition) is 0. The lowest BCUT2D eigenvalue weighted by molar-refractivity contribution is -0.385. The molecular formula is C14H9Cl2F2NO3. The van der Waals surface area contributed by atoms with Crippen LogP contribution in [0.3, 0.4) is 0 Å². The fourth-order valence-electron chi connectivity index (χ4n) is 1.86. The number of hydrogen-bond acceptors (Lipinski definition) is 3. The highest BCUT2D eigenvalue weighted by molar-refractivity contribution is 6.36. The van der Waals surface area contributed by atoms with E-state index in [1.54, 1.807) is 0 Å². The number of halogens is 4. The summed E-state index contributed by atoms with van der Waals surface area (Å²) in [6.07, 6.45) is -0.855. The Labute approximate surface area is 134 Å². The minimum absolute atomic E-state index is 0.168. The fraction of sp³-hybridized carbons (Fsp3) is 0.143. The van der Waals surface area contributed by atoms with Gasteiger partial charge >= 0.3 is 0 Å². The van der Waals surface area contributed by atoms with Gasteiger partial charge in [-0.2, -0.15) is 0 Å². The molecule has 1 unspecified atom stereocenters. The first kappa shape index (κ1) is 16.5. The summed E-state index contributed by atoms with van der Waals surface area (Å²) in [7, 11) is 0. The maximum Gasteiger partial charge on any atom is 0.272 e. The maximum absolute atomic E-state index is 13.8. The Morgan fingerprint density at radius 1 is 1.18 bits per heavy atom. The first-order valence-corrected chi connectivity index (χ1v) is 6.81. The average Bonchev–Trinajstić information content (AvgIpc) is 2.45. The molecule has 1 atom stereocenters. The quantitative estimate of drug-likeness (QED) is 0.427. The summed E-state index contributed by atoms with van der Waals surface area (Å²) in [5.41, 5.74) is -0.236. The van der Waals surface area contributed by atoms with Crippen molar-refractivity contribution in [1.29, 1.82) is 0 Å². The van der Waals surface area contributed by atoms with E-state index in [1.807, 2.05) is 0 Å². The molecule has 0 fully saturated rings. The zero-order valence-corrected chi connectivity index (χ0v) is 12.7. The molecule has 2 aromatic carbocycles. The first-order valence-electron chi connectivity index (χ1n) is 6.05. The van der Waals surface area contributed by atoms with E-state index in [2.05, 4.69) is 0 Å². The van der Waals surface area contributed by atoms with Gasteiger partial charge in [0.2, 0.25) is 0 Å². The van der Waals surface area contributed by atoms with Crippen LogP contribution < -0.4 is 4.74 Å². The summed E-state index contributed by atoms with van der Waals surface area (Å²) in [5.74, 6) is -1.82. The molecule has 0 heterocycles. The molecule has 0 N–H and O–H groups in total. The van der Waals surface area contributed by atoms with Gasteiger partial charge in [-0.25, -0.2) is 8.78 Å². The summed E-state index contributed by atoms with van der Waals surface area (Å²) in [4.78, 5) is 9.83. The van der Waals surface area contributed by atoms with Crippen LogP contribution in [0.25, 0.3) is 0 Å². The smallest absolute Gasteiger partial charge is 0.272 e. The predicted octanol–water partition coefficient (Wildman–Crippen LogP) is 5.32. The van der Waals surface area contributed by atoms with Crippen LogP contribution in [0.4, 0.5) is 14.5 Å². The fourth-order valence-corrected chi connectivity index (χ4v) is 2.54. The predicted molar refractivity (Wildman–Crippen MR) is 78.5 cm³/mol. The van der Waals surface area contributed by atoms with Crippen LogP contribution in [0.5, 0.6) is 5.75 Å². The molecule has 0 radical (unpaired) electrons. The lowest BCUT2D eigenvalue weighted by Gasteiger charge is -2.18. The molecule has 8 heteroatoms. The lowest BCUT2D eigenvalue weighted by atomic mass is 10.1. The Bertz CT molecular complexity index is 740. The summed E-state index contributed by atoms with van der Waals surface area (Å²) < 4.78 is 32.6. The number of rotatable bonds is 4. The molecule has 0 bridgehead atoms. The second kappa shape index (κ2) is 6.46. The monoisotopic (exact) mass is 347 g/mol. The van der Waals surface area contributed by atoms with Gasteiger partial charge in [0.15, 0.2) is 11.6 Å². The Morgan fingerprint density at radius 3 is 2.45 bits per heavy atom. The van der Waals surface area contributed by atoms with Gasteiger partial charge in [-0.05, 0) is 25.1 Å². The van der Waals surface area contributed by atoms with Crippen molar-refractivity contribution < 1.29 is 18.4 Å². The number of nitro groups is 1. The Kier molecular flexibility index (Phi) is 4.83. The zero-order chi connectivity index (χ0) is 16.4. The topological polar surface area (TPSA) is 52.4 Å². The molecular weight excluding hydrogens is 339 g/mol. The van der Waals surface area contributed by atoms with Crippen molar-refractivity contribution in [3.8, 4) is 5.75 Å². The number of non-ortho nitro benzene ring substituents is 1. The molecule has 2 rings (SSSR count). The number of benzene rings is 2. The van der Waals surface area contributed by atoms with Crippen LogP contribution in [0.15, 0.2) is 30.3 Å². The highest BCUT2D eigenvalue weighted by atomic mass is 35.5. The summed E-state index contributed by atoms with van der Waals surface area (Å²) in [6, 6.07) is 5.36. The molecule has 0 saturated carbocycles. The van der Waals surface area contributed by atoms with Crippen LogP contribution in [-0.4, -0.2) is 4.92 Å². The van der Waals surface area contributed by atoms with Crippen molar-refractivity contribution in [1.82, 2.24) is 0 Å². The third-order valence-electron chi connectivity index (χ3n) is 2.92. The van der Waals surface area contributed by atoms with E-state index >= 15 is 0 Å². The molecule has 0 spiro atoms. The average molecular weight is 348 g/mol. The van der Waals surface area contributed by atoms with E-state index in [1.165, 1.54) is 13.0 Å². The van der Waals surface area contributed by atoms with Gasteiger partial charge in [-0.3, -0.25) is 10.1 Å². The minimum Gasteiger partial charge on any atom is -0.483 e. The molecule has 0 aliphatic heterocycles. The molecule has 0 aliphatic rings. The first-order chi connectivity index (χ1) is 10.3. The summed E-state index contributed by atoms with van der Waals surface area (Å²) in [6.45, 7) is 1.51. The van der Waals surface area contributed by atoms with Crippen LogP contribution in [0, 0.1) is 21.7 Å². The van der Waals surface area contributed by atoms with Crippen molar-refractivity contribution in [3.63, 3.8) is 0 Å². The van der Waals surface area contributed by atoms with Gasteiger partial charge in [0, 0.05) is 16.7 Å². The number of nitro benzene ring substituents is 1. The molecule has 2 aromatic rings. The van der Waals surface area contributed by atoms with E-state index in [9.17, 15) is 18.9 Å². The second-order valence-corrected chi connectivity index (χ2v) is 5.17. The van der Waals surface area contributed by atoms with Crippen LogP contribution >= 0.6 is 23.2 Å². The lowest BCUT2D eigenvalue weighted by Crippen LogP contribution is -2.07. The van der Waals surface area contributed by atoms with Crippen molar-refractivity contribution in [2.24, 2.45) is 0 Å². The molecule has 116 valence electrons. The van der Waals surface area contributed by atoms with Crippen molar-refractivity contribution in [2.75, 3.05) is 0 Å². The SMILES string of the molecule is CC(Oc1ccc([N+](=O)[O-])cc1F)c1c(Cl)ccc(F)c1Cl. The normalized spacial score (nSPS) is 12.0. The van der Waals surface area contributed by atoms with Gasteiger partial charge in [-0.1, -0.05) is 23.2 Å². The third kappa shape index (κ3) is 3.28. The van der Waals surface area contributed by atoms with Crippen LogP contribution in [0.1, 0.15) is 18.6 Å². The highest BCUT2D eigenvalue weighted by Crippen LogP contribution is 2.35. The molecule has 0 saturated heterocycles. The van der Waals surface area contributed by atoms with Gasteiger partial charge in [0.1, 0.15) is 11.9 Å². The van der Waals surface area contributed by atoms with E-state index in [-0.39, 0.29) is 21.4 Å². The van der Waals surface area contributed by atoms with Crippen molar-refractivity contribution >= 4 is 28.9 Å². The van der Waals surface area contributed by atoms with E-state index in [0.717, 1.165) is 24.3 Å². The van der Waals surface area contributed by atoms with Gasteiger partial charge in [0.25, 0.3) is 5.69 Å². The minimum atomic E-state index is -0.912. The summed E-state index contributed by atoms with van der Waals surface area (Å²) >= 11 is 11.8. The molecule has 4 nitrogen and oxygen atoms in total. The zero-order valence-electron chi connectivity index (χ0n) is 11.1.